The summed E-state index contributed by atoms with van der Waals surface area (Å²) in [4.78, 5) is 27.5. The lowest BCUT2D eigenvalue weighted by Gasteiger charge is -2.16. The molecule has 5 rings (SSSR count). The Morgan fingerprint density at radius 1 is 1.10 bits per heavy atom. The van der Waals surface area contributed by atoms with Crippen LogP contribution in [0.2, 0.25) is 0 Å². The summed E-state index contributed by atoms with van der Waals surface area (Å²) in [7, 11) is 0. The Labute approximate surface area is 175 Å². The smallest absolute Gasteiger partial charge is 0.272 e. The first-order chi connectivity index (χ1) is 14.7. The molecular weight excluding hydrogens is 372 g/mol. The van der Waals surface area contributed by atoms with Crippen LogP contribution in [0.4, 0.5) is 0 Å². The summed E-state index contributed by atoms with van der Waals surface area (Å²) >= 11 is 0. The number of H-pyrrole nitrogens is 1. The summed E-state index contributed by atoms with van der Waals surface area (Å²) in [6, 6.07) is 20.0. The number of fused-ring (bicyclic) bond motifs is 1. The Balaban J connectivity index is 1.44. The van der Waals surface area contributed by atoms with Gasteiger partial charge in [0.05, 0.1) is 5.69 Å². The molecule has 1 amide bonds. The quantitative estimate of drug-likeness (QED) is 0.518. The molecule has 1 atom stereocenters. The van der Waals surface area contributed by atoms with E-state index in [1.807, 2.05) is 41.4 Å². The summed E-state index contributed by atoms with van der Waals surface area (Å²) in [5, 5.41) is 1.02. The molecule has 3 aromatic heterocycles. The number of nitrogens with one attached hydrogen (secondary N) is 1. The molecule has 0 aliphatic carbocycles. The van der Waals surface area contributed by atoms with Crippen molar-refractivity contribution in [3.05, 3.63) is 72.6 Å². The van der Waals surface area contributed by atoms with E-state index in [0.717, 1.165) is 59.5 Å². The predicted octanol–water partition coefficient (Wildman–Crippen LogP) is 5.16. The van der Waals surface area contributed by atoms with Crippen LogP contribution in [0.15, 0.2) is 66.9 Å². The van der Waals surface area contributed by atoms with E-state index in [2.05, 4.69) is 46.1 Å². The van der Waals surface area contributed by atoms with Gasteiger partial charge in [0.1, 0.15) is 11.3 Å². The van der Waals surface area contributed by atoms with E-state index >= 15 is 0 Å². The van der Waals surface area contributed by atoms with Crippen molar-refractivity contribution in [1.82, 2.24) is 19.9 Å². The minimum Gasteiger partial charge on any atom is -0.339 e. The minimum atomic E-state index is 0.0230. The van der Waals surface area contributed by atoms with Crippen molar-refractivity contribution in [1.29, 1.82) is 0 Å². The Morgan fingerprint density at radius 2 is 1.97 bits per heavy atom. The second-order valence-corrected chi connectivity index (χ2v) is 7.93. The van der Waals surface area contributed by atoms with Crippen molar-refractivity contribution in [2.75, 3.05) is 13.1 Å². The molecule has 1 unspecified atom stereocenters. The SMILES string of the molecule is CCC1CCN(C(=O)c2cccc(-c3cnc4[nH]c(-c5ccccc5)cc4c3)n2)C1. The van der Waals surface area contributed by atoms with E-state index in [9.17, 15) is 4.79 Å². The first-order valence-corrected chi connectivity index (χ1v) is 10.5. The lowest BCUT2D eigenvalue weighted by atomic mass is 10.1. The molecule has 1 fully saturated rings. The second-order valence-electron chi connectivity index (χ2n) is 7.93. The van der Waals surface area contributed by atoms with E-state index in [-0.39, 0.29) is 5.91 Å². The van der Waals surface area contributed by atoms with E-state index in [1.54, 1.807) is 6.07 Å². The number of aromatic nitrogens is 3. The molecule has 1 aromatic carbocycles. The Morgan fingerprint density at radius 3 is 2.77 bits per heavy atom. The number of aromatic amines is 1. The highest BCUT2D eigenvalue weighted by molar-refractivity contribution is 5.93. The van der Waals surface area contributed by atoms with Gasteiger partial charge in [0.15, 0.2) is 0 Å². The second kappa shape index (κ2) is 7.75. The Kier molecular flexibility index (Phi) is 4.79. The van der Waals surface area contributed by atoms with Gasteiger partial charge in [-0.25, -0.2) is 9.97 Å². The number of hydrogen-bond acceptors (Lipinski definition) is 3. The summed E-state index contributed by atoms with van der Waals surface area (Å²) in [5.74, 6) is 0.631. The monoisotopic (exact) mass is 396 g/mol. The number of carbonyl (C=O) groups is 1. The highest BCUT2D eigenvalue weighted by Crippen LogP contribution is 2.27. The van der Waals surface area contributed by atoms with Gasteiger partial charge < -0.3 is 9.88 Å². The van der Waals surface area contributed by atoms with Crippen molar-refractivity contribution in [3.63, 3.8) is 0 Å². The van der Waals surface area contributed by atoms with Gasteiger partial charge in [0, 0.05) is 35.9 Å². The summed E-state index contributed by atoms with van der Waals surface area (Å²) in [6.07, 6.45) is 4.01. The lowest BCUT2D eigenvalue weighted by molar-refractivity contribution is 0.0781. The van der Waals surface area contributed by atoms with Crippen LogP contribution in [0.3, 0.4) is 0 Å². The number of nitrogens with zero attached hydrogens (tertiary/aromatic N) is 3. The first-order valence-electron chi connectivity index (χ1n) is 10.5. The van der Waals surface area contributed by atoms with Gasteiger partial charge in [-0.2, -0.15) is 0 Å². The molecule has 1 aliphatic rings. The fraction of sp³-hybridized carbons (Fsp3) is 0.240. The third-order valence-corrected chi connectivity index (χ3v) is 5.97. The number of pyridine rings is 2. The zero-order valence-electron chi connectivity index (χ0n) is 17.0. The predicted molar refractivity (Wildman–Crippen MR) is 119 cm³/mol. The number of carbonyl (C=O) groups excluding carboxylic acids is 1. The molecule has 1 aliphatic heterocycles. The molecule has 0 saturated carbocycles. The maximum atomic E-state index is 12.9. The highest BCUT2D eigenvalue weighted by atomic mass is 16.2. The van der Waals surface area contributed by atoms with Crippen LogP contribution in [-0.2, 0) is 0 Å². The number of likely N-dealkylation sites (tertiary alicyclic amines) is 1. The Bertz CT molecular complexity index is 1200. The molecule has 4 heterocycles. The van der Waals surface area contributed by atoms with E-state index in [4.69, 9.17) is 0 Å². The number of amides is 1. The molecular formula is C25H24N4O. The summed E-state index contributed by atoms with van der Waals surface area (Å²) < 4.78 is 0. The fourth-order valence-electron chi connectivity index (χ4n) is 4.16. The molecule has 5 heteroatoms. The topological polar surface area (TPSA) is 61.9 Å². The normalized spacial score (nSPS) is 16.3. The number of hydrogen-bond donors (Lipinski definition) is 1. The maximum Gasteiger partial charge on any atom is 0.272 e. The van der Waals surface area contributed by atoms with Crippen molar-refractivity contribution in [2.24, 2.45) is 5.92 Å². The van der Waals surface area contributed by atoms with Gasteiger partial charge in [-0.05, 0) is 42.2 Å². The summed E-state index contributed by atoms with van der Waals surface area (Å²) in [6.45, 7) is 3.84. The molecule has 150 valence electrons. The summed E-state index contributed by atoms with van der Waals surface area (Å²) in [5.41, 5.74) is 5.17. The standard InChI is InChI=1S/C25H24N4O/c1-2-17-11-12-29(16-17)25(30)22-10-6-9-21(27-22)20-13-19-14-23(28-24(19)26-15-20)18-7-4-3-5-8-18/h3-10,13-15,17H,2,11-12,16H2,1H3,(H,26,28). The van der Waals surface area contributed by atoms with Crippen LogP contribution in [0.25, 0.3) is 33.5 Å². The number of rotatable bonds is 4. The third kappa shape index (κ3) is 3.47. The van der Waals surface area contributed by atoms with Crippen LogP contribution in [-0.4, -0.2) is 38.8 Å². The van der Waals surface area contributed by atoms with E-state index in [0.29, 0.717) is 11.6 Å². The fourth-order valence-corrected chi connectivity index (χ4v) is 4.16. The highest BCUT2D eigenvalue weighted by Gasteiger charge is 2.26. The first kappa shape index (κ1) is 18.6. The van der Waals surface area contributed by atoms with Crippen LogP contribution >= 0.6 is 0 Å². The van der Waals surface area contributed by atoms with Gasteiger partial charge >= 0.3 is 0 Å². The van der Waals surface area contributed by atoms with Crippen molar-refractivity contribution >= 4 is 16.9 Å². The largest absolute Gasteiger partial charge is 0.339 e. The van der Waals surface area contributed by atoms with Crippen LogP contribution in [0.1, 0.15) is 30.3 Å². The van der Waals surface area contributed by atoms with Gasteiger partial charge in [-0.15, -0.1) is 0 Å². The third-order valence-electron chi connectivity index (χ3n) is 5.97. The lowest BCUT2D eigenvalue weighted by Crippen LogP contribution is -2.29. The van der Waals surface area contributed by atoms with E-state index < -0.39 is 0 Å². The molecule has 0 bridgehead atoms. The van der Waals surface area contributed by atoms with Gasteiger partial charge in [0.25, 0.3) is 5.91 Å². The molecule has 5 nitrogen and oxygen atoms in total. The molecule has 30 heavy (non-hydrogen) atoms. The average molecular weight is 396 g/mol. The molecule has 0 spiro atoms. The average Bonchev–Trinajstić information content (AvgIpc) is 3.46. The molecule has 1 saturated heterocycles. The molecule has 4 aromatic rings. The van der Waals surface area contributed by atoms with Gasteiger partial charge in [-0.3, -0.25) is 4.79 Å². The van der Waals surface area contributed by atoms with Crippen LogP contribution in [0.5, 0.6) is 0 Å². The Hall–Kier alpha value is -3.47. The van der Waals surface area contributed by atoms with Crippen molar-refractivity contribution < 1.29 is 4.79 Å². The molecule has 0 radical (unpaired) electrons. The number of benzene rings is 1. The van der Waals surface area contributed by atoms with Gasteiger partial charge in [-0.1, -0.05) is 49.7 Å². The zero-order chi connectivity index (χ0) is 20.5. The molecule has 1 N–H and O–H groups in total. The minimum absolute atomic E-state index is 0.0230. The van der Waals surface area contributed by atoms with Crippen molar-refractivity contribution in [3.8, 4) is 22.5 Å². The van der Waals surface area contributed by atoms with Crippen LogP contribution in [0, 0.1) is 5.92 Å². The van der Waals surface area contributed by atoms with Gasteiger partial charge in [0.2, 0.25) is 0 Å². The zero-order valence-corrected chi connectivity index (χ0v) is 17.0. The maximum absolute atomic E-state index is 12.9. The van der Waals surface area contributed by atoms with Crippen LogP contribution < -0.4 is 0 Å². The van der Waals surface area contributed by atoms with E-state index in [1.165, 1.54) is 0 Å². The van der Waals surface area contributed by atoms with Crippen molar-refractivity contribution in [2.45, 2.75) is 19.8 Å².